The second-order valence-electron chi connectivity index (χ2n) is 4.87. The van der Waals surface area contributed by atoms with E-state index in [1.807, 2.05) is 18.5 Å². The van der Waals surface area contributed by atoms with E-state index in [4.69, 9.17) is 5.73 Å². The van der Waals surface area contributed by atoms with Crippen molar-refractivity contribution in [1.29, 1.82) is 0 Å². The highest BCUT2D eigenvalue weighted by Crippen LogP contribution is 2.24. The monoisotopic (exact) mass is 228 g/mol. The smallest absolute Gasteiger partial charge is 0.190 e. The van der Waals surface area contributed by atoms with Gasteiger partial charge in [-0.2, -0.15) is 0 Å². The minimum Gasteiger partial charge on any atom is -0.326 e. The summed E-state index contributed by atoms with van der Waals surface area (Å²) in [7, 11) is 1.97. The highest BCUT2D eigenvalue weighted by Gasteiger charge is 2.21. The van der Waals surface area contributed by atoms with E-state index in [9.17, 15) is 0 Å². The zero-order chi connectivity index (χ0) is 11.6. The summed E-state index contributed by atoms with van der Waals surface area (Å²) in [5.74, 6) is 1.80. The lowest BCUT2D eigenvalue weighted by atomic mass is 9.89. The van der Waals surface area contributed by atoms with Gasteiger partial charge >= 0.3 is 0 Å². The molecule has 0 bridgehead atoms. The molecule has 5 heteroatoms. The summed E-state index contributed by atoms with van der Waals surface area (Å²) >= 11 is 1.67. The first-order valence-electron chi connectivity index (χ1n) is 5.06. The topological polar surface area (TPSA) is 56.7 Å². The van der Waals surface area contributed by atoms with Crippen LogP contribution in [-0.2, 0) is 7.05 Å². The Kier molecular flexibility index (Phi) is 3.78. The lowest BCUT2D eigenvalue weighted by Gasteiger charge is -2.26. The van der Waals surface area contributed by atoms with E-state index in [0.717, 1.165) is 16.7 Å². The highest BCUT2D eigenvalue weighted by atomic mass is 32.2. The van der Waals surface area contributed by atoms with E-state index in [2.05, 4.69) is 31.0 Å². The molecule has 1 atom stereocenters. The number of aryl methyl sites for hydroxylation is 1. The van der Waals surface area contributed by atoms with Crippen LogP contribution in [0.5, 0.6) is 0 Å². The summed E-state index contributed by atoms with van der Waals surface area (Å²) < 4.78 is 1.99. The van der Waals surface area contributed by atoms with E-state index in [1.165, 1.54) is 0 Å². The number of thioether (sulfide) groups is 1. The van der Waals surface area contributed by atoms with Crippen LogP contribution >= 0.6 is 11.8 Å². The van der Waals surface area contributed by atoms with Crippen molar-refractivity contribution in [1.82, 2.24) is 14.8 Å². The number of hydrogen-bond acceptors (Lipinski definition) is 4. The standard InChI is InChI=1S/C10H20N4S/c1-7-12-13-9(14(7)5)15-6-8(11)10(2,3)4/h8H,6,11H2,1-5H3. The van der Waals surface area contributed by atoms with E-state index >= 15 is 0 Å². The molecular weight excluding hydrogens is 208 g/mol. The maximum Gasteiger partial charge on any atom is 0.190 e. The molecule has 0 fully saturated rings. The van der Waals surface area contributed by atoms with E-state index in [1.54, 1.807) is 11.8 Å². The van der Waals surface area contributed by atoms with Gasteiger partial charge in [-0.15, -0.1) is 10.2 Å². The van der Waals surface area contributed by atoms with Gasteiger partial charge in [0.1, 0.15) is 5.82 Å². The van der Waals surface area contributed by atoms with Gasteiger partial charge in [-0.1, -0.05) is 32.5 Å². The molecule has 1 aromatic rings. The Morgan fingerprint density at radius 3 is 2.40 bits per heavy atom. The number of nitrogens with two attached hydrogens (primary N) is 1. The van der Waals surface area contributed by atoms with Gasteiger partial charge in [0, 0.05) is 18.8 Å². The summed E-state index contributed by atoms with van der Waals surface area (Å²) in [4.78, 5) is 0. The van der Waals surface area contributed by atoms with Gasteiger partial charge in [0.15, 0.2) is 5.16 Å². The Morgan fingerprint density at radius 1 is 1.40 bits per heavy atom. The largest absolute Gasteiger partial charge is 0.326 e. The van der Waals surface area contributed by atoms with Crippen molar-refractivity contribution in [2.24, 2.45) is 18.2 Å². The minimum absolute atomic E-state index is 0.140. The van der Waals surface area contributed by atoms with Gasteiger partial charge in [0.25, 0.3) is 0 Å². The van der Waals surface area contributed by atoms with Gasteiger partial charge in [-0.3, -0.25) is 0 Å². The van der Waals surface area contributed by atoms with Crippen LogP contribution in [0.25, 0.3) is 0 Å². The fraction of sp³-hybridized carbons (Fsp3) is 0.800. The third kappa shape index (κ3) is 3.21. The fourth-order valence-corrected chi connectivity index (χ4v) is 2.18. The fourth-order valence-electron chi connectivity index (χ4n) is 0.928. The minimum atomic E-state index is 0.140. The maximum absolute atomic E-state index is 6.08. The third-order valence-electron chi connectivity index (χ3n) is 2.56. The molecule has 2 N–H and O–H groups in total. The predicted octanol–water partition coefficient (Wildman–Crippen LogP) is 1.59. The van der Waals surface area contributed by atoms with Crippen LogP contribution in [0.1, 0.15) is 26.6 Å². The average molecular weight is 228 g/mol. The maximum atomic E-state index is 6.08. The normalized spacial score (nSPS) is 14.3. The Morgan fingerprint density at radius 2 is 2.00 bits per heavy atom. The molecule has 1 unspecified atom stereocenters. The zero-order valence-electron chi connectivity index (χ0n) is 10.1. The van der Waals surface area contributed by atoms with Crippen LogP contribution in [0.4, 0.5) is 0 Å². The molecule has 15 heavy (non-hydrogen) atoms. The van der Waals surface area contributed by atoms with Crippen molar-refractivity contribution < 1.29 is 0 Å². The van der Waals surface area contributed by atoms with E-state index in [0.29, 0.717) is 0 Å². The summed E-state index contributed by atoms with van der Waals surface area (Å²) in [6.07, 6.45) is 0. The lowest BCUT2D eigenvalue weighted by Crippen LogP contribution is -2.37. The molecule has 1 aromatic heterocycles. The summed E-state index contributed by atoms with van der Waals surface area (Å²) in [5, 5.41) is 9.03. The van der Waals surface area contributed by atoms with Gasteiger partial charge < -0.3 is 10.3 Å². The molecule has 86 valence electrons. The molecule has 0 saturated carbocycles. The van der Waals surface area contributed by atoms with Crippen LogP contribution in [0.2, 0.25) is 0 Å². The van der Waals surface area contributed by atoms with Crippen LogP contribution in [0.3, 0.4) is 0 Å². The number of hydrogen-bond donors (Lipinski definition) is 1. The van der Waals surface area contributed by atoms with Crippen molar-refractivity contribution in [3.8, 4) is 0 Å². The SMILES string of the molecule is Cc1nnc(SCC(N)C(C)(C)C)n1C. The molecule has 4 nitrogen and oxygen atoms in total. The third-order valence-corrected chi connectivity index (χ3v) is 3.70. The van der Waals surface area contributed by atoms with Crippen molar-refractivity contribution in [2.45, 2.75) is 38.9 Å². The second kappa shape index (κ2) is 4.53. The Balaban J connectivity index is 2.55. The first-order valence-corrected chi connectivity index (χ1v) is 6.05. The Hall–Kier alpha value is -0.550. The molecule has 0 aliphatic rings. The molecule has 0 aliphatic carbocycles. The summed E-state index contributed by atoms with van der Waals surface area (Å²) in [6, 6.07) is 0.166. The van der Waals surface area contributed by atoms with Gasteiger partial charge in [0.2, 0.25) is 0 Å². The molecule has 1 heterocycles. The van der Waals surface area contributed by atoms with Crippen molar-refractivity contribution in [2.75, 3.05) is 5.75 Å². The Bertz CT molecular complexity index is 327. The predicted molar refractivity (Wildman–Crippen MR) is 63.9 cm³/mol. The number of nitrogens with zero attached hydrogens (tertiary/aromatic N) is 3. The van der Waals surface area contributed by atoms with Gasteiger partial charge in [-0.25, -0.2) is 0 Å². The molecule has 0 radical (unpaired) electrons. The first-order chi connectivity index (χ1) is 6.82. The lowest BCUT2D eigenvalue weighted by molar-refractivity contribution is 0.344. The first kappa shape index (κ1) is 12.5. The van der Waals surface area contributed by atoms with Crippen molar-refractivity contribution >= 4 is 11.8 Å². The zero-order valence-corrected chi connectivity index (χ0v) is 10.9. The summed E-state index contributed by atoms with van der Waals surface area (Å²) in [5.41, 5.74) is 6.22. The average Bonchev–Trinajstić information content (AvgIpc) is 2.43. The molecule has 0 amide bonds. The van der Waals surface area contributed by atoms with Crippen LogP contribution in [0, 0.1) is 12.3 Å². The second-order valence-corrected chi connectivity index (χ2v) is 5.86. The number of rotatable bonds is 3. The van der Waals surface area contributed by atoms with E-state index < -0.39 is 0 Å². The van der Waals surface area contributed by atoms with Crippen LogP contribution in [-0.4, -0.2) is 26.6 Å². The quantitative estimate of drug-likeness (QED) is 0.798. The molecular formula is C10H20N4S. The summed E-state index contributed by atoms with van der Waals surface area (Å²) in [6.45, 7) is 8.40. The molecule has 0 aromatic carbocycles. The van der Waals surface area contributed by atoms with Crippen molar-refractivity contribution in [3.05, 3.63) is 5.82 Å². The molecule has 0 saturated heterocycles. The molecule has 0 spiro atoms. The van der Waals surface area contributed by atoms with Crippen molar-refractivity contribution in [3.63, 3.8) is 0 Å². The highest BCUT2D eigenvalue weighted by molar-refractivity contribution is 7.99. The van der Waals surface area contributed by atoms with Gasteiger partial charge in [0.05, 0.1) is 0 Å². The van der Waals surface area contributed by atoms with E-state index in [-0.39, 0.29) is 11.5 Å². The number of aromatic nitrogens is 3. The Labute approximate surface area is 95.6 Å². The van der Waals surface area contributed by atoms with Gasteiger partial charge in [-0.05, 0) is 12.3 Å². The van der Waals surface area contributed by atoms with Crippen LogP contribution in [0.15, 0.2) is 5.16 Å². The van der Waals surface area contributed by atoms with Crippen LogP contribution < -0.4 is 5.73 Å². The molecule has 0 aliphatic heterocycles. The molecule has 1 rings (SSSR count).